The van der Waals surface area contributed by atoms with Crippen molar-refractivity contribution in [1.82, 2.24) is 0 Å². The van der Waals surface area contributed by atoms with Gasteiger partial charge >= 0.3 is 0 Å². The van der Waals surface area contributed by atoms with Crippen LogP contribution >= 0.6 is 15.9 Å². The summed E-state index contributed by atoms with van der Waals surface area (Å²) < 4.78 is 1.07. The molecule has 0 atom stereocenters. The highest BCUT2D eigenvalue weighted by Crippen LogP contribution is 2.28. The quantitative estimate of drug-likeness (QED) is 0.668. The summed E-state index contributed by atoms with van der Waals surface area (Å²) in [4.78, 5) is 10.6. The van der Waals surface area contributed by atoms with Gasteiger partial charge in [-0.1, -0.05) is 28.1 Å². The van der Waals surface area contributed by atoms with Gasteiger partial charge in [0.05, 0.1) is 0 Å². The summed E-state index contributed by atoms with van der Waals surface area (Å²) in [6, 6.07) is 6.00. The molecule has 12 heavy (non-hydrogen) atoms. The van der Waals surface area contributed by atoms with Crippen LogP contribution in [0, 0.1) is 0 Å². The van der Waals surface area contributed by atoms with Crippen LogP contribution in [0.25, 0.3) is 5.57 Å². The molecule has 0 N–H and O–H groups in total. The first kappa shape index (κ1) is 7.74. The first-order chi connectivity index (χ1) is 5.81. The van der Waals surface area contributed by atoms with E-state index < -0.39 is 0 Å². The molecule has 0 saturated carbocycles. The molecule has 0 unspecified atom stereocenters. The highest BCUT2D eigenvalue weighted by atomic mass is 79.9. The Kier molecular flexibility index (Phi) is 1.85. The minimum absolute atomic E-state index is 0.817. The Morgan fingerprint density at radius 1 is 1.42 bits per heavy atom. The van der Waals surface area contributed by atoms with Crippen molar-refractivity contribution >= 4 is 27.8 Å². The van der Waals surface area contributed by atoms with E-state index in [1.54, 1.807) is 0 Å². The fourth-order valence-corrected chi connectivity index (χ4v) is 1.86. The molecule has 0 aromatic heterocycles. The molecule has 0 fully saturated rings. The molecular weight excluding hydrogens is 216 g/mol. The second kappa shape index (κ2) is 2.87. The number of fused-ring (bicyclic) bond motifs is 1. The second-order valence-corrected chi connectivity index (χ2v) is 3.70. The van der Waals surface area contributed by atoms with E-state index in [-0.39, 0.29) is 0 Å². The number of hydrogen-bond donors (Lipinski definition) is 0. The summed E-state index contributed by atoms with van der Waals surface area (Å²) in [5, 5.41) is 0. The molecule has 0 bridgehead atoms. The molecule has 1 aliphatic carbocycles. The Balaban J connectivity index is 2.54. The third-order valence-corrected chi connectivity index (χ3v) is 2.54. The summed E-state index contributed by atoms with van der Waals surface area (Å²) in [7, 11) is 0. The molecule has 2 rings (SSSR count). The lowest BCUT2D eigenvalue weighted by Gasteiger charge is -1.99. The Labute approximate surface area is 79.2 Å². The summed E-state index contributed by atoms with van der Waals surface area (Å²) in [6.45, 7) is 0. The van der Waals surface area contributed by atoms with E-state index in [4.69, 9.17) is 0 Å². The summed E-state index contributed by atoms with van der Waals surface area (Å²) in [5.74, 6) is 0. The lowest BCUT2D eigenvalue weighted by atomic mass is 10.1. The van der Waals surface area contributed by atoms with Gasteiger partial charge in [-0.3, -0.25) is 4.79 Å². The first-order valence-corrected chi connectivity index (χ1v) is 4.54. The number of carbonyl (C=O) groups is 1. The highest BCUT2D eigenvalue weighted by Gasteiger charge is 2.12. The standard InChI is InChI=1S/C10H7BrO/c11-9-3-4-10-7(5-9)1-2-8(10)6-12/h2-6H,1H2. The molecule has 1 aliphatic rings. The van der Waals surface area contributed by atoms with E-state index in [2.05, 4.69) is 22.0 Å². The number of benzene rings is 1. The van der Waals surface area contributed by atoms with Gasteiger partial charge in [0, 0.05) is 10.0 Å². The predicted octanol–water partition coefficient (Wildman–Crippen LogP) is 2.59. The van der Waals surface area contributed by atoms with Crippen molar-refractivity contribution < 1.29 is 4.79 Å². The van der Waals surface area contributed by atoms with E-state index in [1.807, 2.05) is 18.2 Å². The van der Waals surface area contributed by atoms with E-state index in [9.17, 15) is 4.79 Å². The van der Waals surface area contributed by atoms with Crippen molar-refractivity contribution in [3.8, 4) is 0 Å². The lowest BCUT2D eigenvalue weighted by Crippen LogP contribution is -1.84. The molecule has 0 spiro atoms. The topological polar surface area (TPSA) is 17.1 Å². The molecule has 0 heterocycles. The molecule has 1 aromatic carbocycles. The van der Waals surface area contributed by atoms with Crippen molar-refractivity contribution in [3.63, 3.8) is 0 Å². The summed E-state index contributed by atoms with van der Waals surface area (Å²) >= 11 is 3.40. The molecular formula is C10H7BrO. The van der Waals surface area contributed by atoms with Crippen LogP contribution in [0.1, 0.15) is 11.1 Å². The fraction of sp³-hybridized carbons (Fsp3) is 0.100. The van der Waals surface area contributed by atoms with Crippen molar-refractivity contribution in [1.29, 1.82) is 0 Å². The Bertz CT molecular complexity index is 366. The van der Waals surface area contributed by atoms with Gasteiger partial charge in [0.25, 0.3) is 0 Å². The van der Waals surface area contributed by atoms with Crippen LogP contribution in [0.3, 0.4) is 0 Å². The lowest BCUT2D eigenvalue weighted by molar-refractivity contribution is -0.103. The minimum atomic E-state index is 0.817. The average molecular weight is 223 g/mol. The molecule has 0 aliphatic heterocycles. The number of aldehydes is 1. The summed E-state index contributed by atoms with van der Waals surface area (Å²) in [5.41, 5.74) is 3.12. The zero-order chi connectivity index (χ0) is 8.55. The van der Waals surface area contributed by atoms with Crippen molar-refractivity contribution in [2.75, 3.05) is 0 Å². The number of allylic oxidation sites excluding steroid dienone is 2. The highest BCUT2D eigenvalue weighted by molar-refractivity contribution is 9.10. The van der Waals surface area contributed by atoms with Gasteiger partial charge in [0.15, 0.2) is 0 Å². The average Bonchev–Trinajstić information content (AvgIpc) is 2.46. The number of hydrogen-bond acceptors (Lipinski definition) is 1. The van der Waals surface area contributed by atoms with E-state index in [1.165, 1.54) is 5.56 Å². The molecule has 0 amide bonds. The van der Waals surface area contributed by atoms with Gasteiger partial charge in [-0.15, -0.1) is 0 Å². The van der Waals surface area contributed by atoms with Crippen LogP contribution in [-0.2, 0) is 11.2 Å². The van der Waals surface area contributed by atoms with E-state index >= 15 is 0 Å². The number of carbonyl (C=O) groups excluding carboxylic acids is 1. The van der Waals surface area contributed by atoms with Crippen LogP contribution in [0.5, 0.6) is 0 Å². The number of rotatable bonds is 1. The van der Waals surface area contributed by atoms with Crippen LogP contribution in [-0.4, -0.2) is 6.29 Å². The maximum atomic E-state index is 10.6. The zero-order valence-electron chi connectivity index (χ0n) is 6.38. The smallest absolute Gasteiger partial charge is 0.150 e. The van der Waals surface area contributed by atoms with Crippen LogP contribution < -0.4 is 0 Å². The third kappa shape index (κ3) is 1.12. The minimum Gasteiger partial charge on any atom is -0.298 e. The van der Waals surface area contributed by atoms with Gasteiger partial charge in [0.2, 0.25) is 0 Å². The fourth-order valence-electron chi connectivity index (χ4n) is 1.45. The molecule has 0 saturated heterocycles. The van der Waals surface area contributed by atoms with Gasteiger partial charge < -0.3 is 0 Å². The van der Waals surface area contributed by atoms with Crippen LogP contribution in [0.2, 0.25) is 0 Å². The maximum Gasteiger partial charge on any atom is 0.150 e. The second-order valence-electron chi connectivity index (χ2n) is 2.78. The normalized spacial score (nSPS) is 13.9. The number of halogens is 1. The molecule has 0 radical (unpaired) electrons. The monoisotopic (exact) mass is 222 g/mol. The Hall–Kier alpha value is -0.890. The predicted molar refractivity (Wildman–Crippen MR) is 51.9 cm³/mol. The van der Waals surface area contributed by atoms with Gasteiger partial charge in [-0.2, -0.15) is 0 Å². The summed E-state index contributed by atoms with van der Waals surface area (Å²) in [6.07, 6.45) is 3.76. The van der Waals surface area contributed by atoms with E-state index in [0.717, 1.165) is 28.3 Å². The molecule has 1 aromatic rings. The zero-order valence-corrected chi connectivity index (χ0v) is 7.97. The molecule has 60 valence electrons. The first-order valence-electron chi connectivity index (χ1n) is 3.75. The molecule has 1 nitrogen and oxygen atoms in total. The third-order valence-electron chi connectivity index (χ3n) is 2.05. The Morgan fingerprint density at radius 2 is 2.25 bits per heavy atom. The van der Waals surface area contributed by atoms with Crippen molar-refractivity contribution in [2.24, 2.45) is 0 Å². The SMILES string of the molecule is O=CC1=CCc2cc(Br)ccc21. The van der Waals surface area contributed by atoms with Crippen LogP contribution in [0.15, 0.2) is 28.7 Å². The van der Waals surface area contributed by atoms with Gasteiger partial charge in [-0.25, -0.2) is 0 Å². The van der Waals surface area contributed by atoms with Crippen LogP contribution in [0.4, 0.5) is 0 Å². The van der Waals surface area contributed by atoms with Gasteiger partial charge in [0.1, 0.15) is 6.29 Å². The molecule has 2 heteroatoms. The van der Waals surface area contributed by atoms with Crippen molar-refractivity contribution in [2.45, 2.75) is 6.42 Å². The van der Waals surface area contributed by atoms with Crippen molar-refractivity contribution in [3.05, 3.63) is 39.9 Å². The Morgan fingerprint density at radius 3 is 3.00 bits per heavy atom. The van der Waals surface area contributed by atoms with E-state index in [0.29, 0.717) is 0 Å². The van der Waals surface area contributed by atoms with Gasteiger partial charge in [-0.05, 0) is 29.7 Å². The maximum absolute atomic E-state index is 10.6. The largest absolute Gasteiger partial charge is 0.298 e.